The third kappa shape index (κ3) is 4.24. The predicted molar refractivity (Wildman–Crippen MR) is 96.4 cm³/mol. The van der Waals surface area contributed by atoms with E-state index in [1.807, 2.05) is 54.6 Å². The Kier molecular flexibility index (Phi) is 5.44. The molecule has 2 aromatic carbocycles. The number of piperazine rings is 1. The molecule has 1 heterocycles. The highest BCUT2D eigenvalue weighted by molar-refractivity contribution is 5.81. The molecule has 5 heteroatoms. The van der Waals surface area contributed by atoms with E-state index in [2.05, 4.69) is 15.9 Å². The lowest BCUT2D eigenvalue weighted by Gasteiger charge is -2.38. The number of carbonyl (C=O) groups is 1. The fraction of sp³-hybridized carbons (Fsp3) is 0.300. The highest BCUT2D eigenvalue weighted by atomic mass is 16.1. The number of carbonyl (C=O) groups excluding carboxylic acids is 1. The SMILES string of the molecule is N#Cc1ccc(CN2CCN(C(C(N)=O)c3ccccc3)CC2)cc1. The first kappa shape index (κ1) is 17.2. The standard InChI is InChI=1S/C20H22N4O/c21-14-16-6-8-17(9-7-16)15-23-10-12-24(13-11-23)19(20(22)25)18-4-2-1-3-5-18/h1-9,19H,10-13,15H2,(H2,22,25). The second kappa shape index (κ2) is 7.93. The molecule has 5 nitrogen and oxygen atoms in total. The fourth-order valence-electron chi connectivity index (χ4n) is 3.31. The van der Waals surface area contributed by atoms with E-state index in [0.717, 1.165) is 38.3 Å². The van der Waals surface area contributed by atoms with Gasteiger partial charge in [0, 0.05) is 32.7 Å². The largest absolute Gasteiger partial charge is 0.368 e. The third-order valence-corrected chi connectivity index (χ3v) is 4.65. The van der Waals surface area contributed by atoms with Crippen molar-refractivity contribution in [3.8, 4) is 6.07 Å². The molecule has 1 aliphatic rings. The molecule has 2 aromatic rings. The molecule has 0 aromatic heterocycles. The number of nitrogens with zero attached hydrogens (tertiary/aromatic N) is 3. The number of nitrogens with two attached hydrogens (primary N) is 1. The number of nitriles is 1. The van der Waals surface area contributed by atoms with E-state index in [0.29, 0.717) is 5.56 Å². The molecule has 1 saturated heterocycles. The van der Waals surface area contributed by atoms with E-state index >= 15 is 0 Å². The van der Waals surface area contributed by atoms with Gasteiger partial charge in [0.25, 0.3) is 0 Å². The van der Waals surface area contributed by atoms with Gasteiger partial charge in [0.2, 0.25) is 5.91 Å². The maximum atomic E-state index is 12.0. The van der Waals surface area contributed by atoms with Crippen molar-refractivity contribution < 1.29 is 4.79 Å². The summed E-state index contributed by atoms with van der Waals surface area (Å²) in [5.74, 6) is -0.299. The first-order valence-electron chi connectivity index (χ1n) is 8.47. The second-order valence-electron chi connectivity index (χ2n) is 6.34. The lowest BCUT2D eigenvalue weighted by atomic mass is 10.0. The zero-order valence-electron chi connectivity index (χ0n) is 14.1. The molecule has 0 radical (unpaired) electrons. The molecule has 1 unspecified atom stereocenters. The van der Waals surface area contributed by atoms with Gasteiger partial charge in [-0.3, -0.25) is 14.6 Å². The molecule has 1 amide bonds. The zero-order chi connectivity index (χ0) is 17.6. The van der Waals surface area contributed by atoms with E-state index in [1.165, 1.54) is 5.56 Å². The normalized spacial score (nSPS) is 16.9. The lowest BCUT2D eigenvalue weighted by molar-refractivity contribution is -0.124. The zero-order valence-corrected chi connectivity index (χ0v) is 14.1. The summed E-state index contributed by atoms with van der Waals surface area (Å²) in [6, 6.07) is 19.2. The molecule has 25 heavy (non-hydrogen) atoms. The van der Waals surface area contributed by atoms with Crippen molar-refractivity contribution in [2.24, 2.45) is 5.73 Å². The Morgan fingerprint density at radius 3 is 2.24 bits per heavy atom. The first-order chi connectivity index (χ1) is 12.2. The van der Waals surface area contributed by atoms with Gasteiger partial charge in [0.15, 0.2) is 0 Å². The smallest absolute Gasteiger partial charge is 0.239 e. The second-order valence-corrected chi connectivity index (χ2v) is 6.34. The van der Waals surface area contributed by atoms with Crippen LogP contribution in [-0.2, 0) is 11.3 Å². The highest BCUT2D eigenvalue weighted by Gasteiger charge is 2.28. The van der Waals surface area contributed by atoms with E-state index in [-0.39, 0.29) is 11.9 Å². The lowest BCUT2D eigenvalue weighted by Crippen LogP contribution is -2.49. The molecule has 0 aliphatic carbocycles. The summed E-state index contributed by atoms with van der Waals surface area (Å²) in [6.07, 6.45) is 0. The van der Waals surface area contributed by atoms with Crippen LogP contribution in [0.15, 0.2) is 54.6 Å². The van der Waals surface area contributed by atoms with Gasteiger partial charge in [-0.05, 0) is 23.3 Å². The van der Waals surface area contributed by atoms with Gasteiger partial charge in [-0.1, -0.05) is 42.5 Å². The Hall–Kier alpha value is -2.68. The van der Waals surface area contributed by atoms with Crippen molar-refractivity contribution in [2.75, 3.05) is 26.2 Å². The van der Waals surface area contributed by atoms with E-state index in [9.17, 15) is 4.79 Å². The number of rotatable bonds is 5. The van der Waals surface area contributed by atoms with Crippen LogP contribution < -0.4 is 5.73 Å². The van der Waals surface area contributed by atoms with E-state index in [1.54, 1.807) is 0 Å². The summed E-state index contributed by atoms with van der Waals surface area (Å²) in [7, 11) is 0. The Morgan fingerprint density at radius 1 is 1.04 bits per heavy atom. The molecule has 1 atom stereocenters. The quantitative estimate of drug-likeness (QED) is 0.906. The van der Waals surface area contributed by atoms with Crippen LogP contribution in [0.2, 0.25) is 0 Å². The van der Waals surface area contributed by atoms with Crippen LogP contribution in [0.4, 0.5) is 0 Å². The summed E-state index contributed by atoms with van der Waals surface area (Å²) >= 11 is 0. The summed E-state index contributed by atoms with van der Waals surface area (Å²) < 4.78 is 0. The van der Waals surface area contributed by atoms with Crippen LogP contribution in [0, 0.1) is 11.3 Å². The number of benzene rings is 2. The van der Waals surface area contributed by atoms with Crippen molar-refractivity contribution in [3.05, 3.63) is 71.3 Å². The van der Waals surface area contributed by atoms with Gasteiger partial charge in [-0.25, -0.2) is 0 Å². The highest BCUT2D eigenvalue weighted by Crippen LogP contribution is 2.22. The summed E-state index contributed by atoms with van der Waals surface area (Å²) in [5.41, 5.74) is 8.50. The molecule has 3 rings (SSSR count). The van der Waals surface area contributed by atoms with Gasteiger partial charge in [0.1, 0.15) is 6.04 Å². The number of hydrogen-bond acceptors (Lipinski definition) is 4. The minimum absolute atomic E-state index is 0.299. The Balaban J connectivity index is 1.60. The molecule has 1 fully saturated rings. The van der Waals surface area contributed by atoms with Gasteiger partial charge < -0.3 is 5.73 Å². The molecule has 1 aliphatic heterocycles. The maximum Gasteiger partial charge on any atom is 0.239 e. The first-order valence-corrected chi connectivity index (χ1v) is 8.47. The van der Waals surface area contributed by atoms with Crippen LogP contribution in [0.25, 0.3) is 0 Å². The molecule has 128 valence electrons. The predicted octanol–water partition coefficient (Wildman–Crippen LogP) is 1.90. The molecular formula is C20H22N4O. The molecule has 0 saturated carbocycles. The average molecular weight is 334 g/mol. The topological polar surface area (TPSA) is 73.4 Å². The summed E-state index contributed by atoms with van der Waals surface area (Å²) in [6.45, 7) is 4.23. The molecule has 0 bridgehead atoms. The monoisotopic (exact) mass is 334 g/mol. The van der Waals surface area contributed by atoms with Gasteiger partial charge in [0.05, 0.1) is 11.6 Å². The van der Waals surface area contributed by atoms with Crippen molar-refractivity contribution >= 4 is 5.91 Å². The summed E-state index contributed by atoms with van der Waals surface area (Å²) in [5, 5.41) is 8.87. The van der Waals surface area contributed by atoms with Crippen LogP contribution in [-0.4, -0.2) is 41.9 Å². The molecule has 0 spiro atoms. The van der Waals surface area contributed by atoms with Gasteiger partial charge in [-0.2, -0.15) is 5.26 Å². The van der Waals surface area contributed by atoms with Crippen LogP contribution in [0.3, 0.4) is 0 Å². The third-order valence-electron chi connectivity index (χ3n) is 4.65. The maximum absolute atomic E-state index is 12.0. The van der Waals surface area contributed by atoms with E-state index < -0.39 is 0 Å². The van der Waals surface area contributed by atoms with Gasteiger partial charge in [-0.15, -0.1) is 0 Å². The van der Waals surface area contributed by atoms with Crippen molar-refractivity contribution in [3.63, 3.8) is 0 Å². The van der Waals surface area contributed by atoms with E-state index in [4.69, 9.17) is 11.0 Å². The fourth-order valence-corrected chi connectivity index (χ4v) is 3.31. The van der Waals surface area contributed by atoms with Crippen molar-refractivity contribution in [1.82, 2.24) is 9.80 Å². The van der Waals surface area contributed by atoms with Crippen LogP contribution >= 0.6 is 0 Å². The Labute approximate surface area is 148 Å². The van der Waals surface area contributed by atoms with Crippen molar-refractivity contribution in [1.29, 1.82) is 5.26 Å². The average Bonchev–Trinajstić information content (AvgIpc) is 2.65. The van der Waals surface area contributed by atoms with Crippen LogP contribution in [0.1, 0.15) is 22.7 Å². The Bertz CT molecular complexity index is 744. The van der Waals surface area contributed by atoms with Crippen molar-refractivity contribution in [2.45, 2.75) is 12.6 Å². The minimum Gasteiger partial charge on any atom is -0.368 e. The number of primary amides is 1. The summed E-state index contributed by atoms with van der Waals surface area (Å²) in [4.78, 5) is 16.5. The molecular weight excluding hydrogens is 312 g/mol. The van der Waals surface area contributed by atoms with Crippen LogP contribution in [0.5, 0.6) is 0 Å². The Morgan fingerprint density at radius 2 is 1.68 bits per heavy atom. The van der Waals surface area contributed by atoms with Gasteiger partial charge >= 0.3 is 0 Å². The number of hydrogen-bond donors (Lipinski definition) is 1. The number of amides is 1. The minimum atomic E-state index is -0.363. The molecule has 2 N–H and O–H groups in total.